The number of likely N-dealkylation sites (N-methyl/N-ethyl adjacent to an activating group) is 1. The molecule has 1 unspecified atom stereocenters. The van der Waals surface area contributed by atoms with Crippen LogP contribution in [0.25, 0.3) is 0 Å². The van der Waals surface area contributed by atoms with E-state index in [0.717, 1.165) is 12.4 Å². The van der Waals surface area contributed by atoms with Crippen molar-refractivity contribution in [3.63, 3.8) is 0 Å². The van der Waals surface area contributed by atoms with Crippen LogP contribution in [0.3, 0.4) is 0 Å². The molecule has 0 aliphatic heterocycles. The summed E-state index contributed by atoms with van der Waals surface area (Å²) in [6, 6.07) is 4.37. The molecule has 4 nitrogen and oxygen atoms in total. The minimum absolute atomic E-state index is 0.315. The van der Waals surface area contributed by atoms with Crippen molar-refractivity contribution in [2.24, 2.45) is 0 Å². The van der Waals surface area contributed by atoms with Crippen LogP contribution >= 0.6 is 0 Å². The molecular formula is C12H21N3O. The summed E-state index contributed by atoms with van der Waals surface area (Å²) in [5.41, 5.74) is 1.20. The maximum atomic E-state index is 5.16. The third kappa shape index (κ3) is 3.18. The van der Waals surface area contributed by atoms with Crippen molar-refractivity contribution in [2.45, 2.75) is 19.5 Å². The van der Waals surface area contributed by atoms with E-state index in [1.54, 1.807) is 7.11 Å². The Hall–Kier alpha value is -1.13. The van der Waals surface area contributed by atoms with Gasteiger partial charge >= 0.3 is 0 Å². The predicted molar refractivity (Wildman–Crippen MR) is 66.7 cm³/mol. The molecule has 1 aromatic rings. The van der Waals surface area contributed by atoms with Crippen LogP contribution in [0.1, 0.15) is 12.5 Å². The standard InChI is InChI=1S/C12H21N3O/c1-10(9-16-4)15(3)12-11(8-13-2)6-5-7-14-12/h5-7,10,13H,8-9H2,1-4H3. The summed E-state index contributed by atoms with van der Waals surface area (Å²) in [6.07, 6.45) is 1.82. The van der Waals surface area contributed by atoms with E-state index in [0.29, 0.717) is 12.6 Å². The molecule has 0 aliphatic carbocycles. The Labute approximate surface area is 97.6 Å². The van der Waals surface area contributed by atoms with E-state index >= 15 is 0 Å². The Balaban J connectivity index is 2.84. The lowest BCUT2D eigenvalue weighted by atomic mass is 10.2. The van der Waals surface area contributed by atoms with Crippen molar-refractivity contribution < 1.29 is 4.74 Å². The first-order chi connectivity index (χ1) is 7.70. The van der Waals surface area contributed by atoms with Crippen molar-refractivity contribution in [3.05, 3.63) is 23.9 Å². The van der Waals surface area contributed by atoms with Gasteiger partial charge in [-0.1, -0.05) is 6.07 Å². The van der Waals surface area contributed by atoms with Crippen molar-refractivity contribution in [1.29, 1.82) is 0 Å². The monoisotopic (exact) mass is 223 g/mol. The molecule has 0 bridgehead atoms. The molecule has 0 radical (unpaired) electrons. The quantitative estimate of drug-likeness (QED) is 0.788. The van der Waals surface area contributed by atoms with Crippen LogP contribution in [0.5, 0.6) is 0 Å². The molecule has 0 saturated carbocycles. The Bertz CT molecular complexity index is 317. The molecule has 0 aliphatic rings. The van der Waals surface area contributed by atoms with E-state index in [1.165, 1.54) is 5.56 Å². The fourth-order valence-electron chi connectivity index (χ4n) is 1.64. The van der Waals surface area contributed by atoms with E-state index in [1.807, 2.05) is 26.4 Å². The molecule has 1 aromatic heterocycles. The molecule has 16 heavy (non-hydrogen) atoms. The summed E-state index contributed by atoms with van der Waals surface area (Å²) in [5, 5.41) is 3.15. The van der Waals surface area contributed by atoms with Crippen LogP contribution in [0.2, 0.25) is 0 Å². The van der Waals surface area contributed by atoms with Gasteiger partial charge in [-0.25, -0.2) is 4.98 Å². The number of nitrogens with zero attached hydrogens (tertiary/aromatic N) is 2. The van der Waals surface area contributed by atoms with Crippen molar-refractivity contribution in [1.82, 2.24) is 10.3 Å². The van der Waals surface area contributed by atoms with Crippen LogP contribution in [0, 0.1) is 0 Å². The topological polar surface area (TPSA) is 37.4 Å². The van der Waals surface area contributed by atoms with Crippen LogP contribution in [0.15, 0.2) is 18.3 Å². The number of rotatable bonds is 6. The van der Waals surface area contributed by atoms with Crippen LogP contribution in [-0.4, -0.2) is 38.8 Å². The van der Waals surface area contributed by atoms with Crippen LogP contribution in [-0.2, 0) is 11.3 Å². The SMILES string of the molecule is CNCc1cccnc1N(C)C(C)COC. The average Bonchev–Trinajstić information content (AvgIpc) is 2.29. The van der Waals surface area contributed by atoms with Gasteiger partial charge in [-0.15, -0.1) is 0 Å². The van der Waals surface area contributed by atoms with Crippen LogP contribution < -0.4 is 10.2 Å². The average molecular weight is 223 g/mol. The van der Waals surface area contributed by atoms with E-state index < -0.39 is 0 Å². The second kappa shape index (κ2) is 6.45. The summed E-state index contributed by atoms with van der Waals surface area (Å²) in [5.74, 6) is 1.02. The van der Waals surface area contributed by atoms with Gasteiger partial charge in [-0.3, -0.25) is 0 Å². The van der Waals surface area contributed by atoms with Gasteiger partial charge < -0.3 is 15.0 Å². The highest BCUT2D eigenvalue weighted by atomic mass is 16.5. The fourth-order valence-corrected chi connectivity index (χ4v) is 1.64. The number of ether oxygens (including phenoxy) is 1. The molecule has 0 spiro atoms. The number of hydrogen-bond donors (Lipinski definition) is 1. The molecule has 1 N–H and O–H groups in total. The highest BCUT2D eigenvalue weighted by molar-refractivity contribution is 5.46. The molecule has 0 aromatic carbocycles. The van der Waals surface area contributed by atoms with E-state index in [-0.39, 0.29) is 0 Å². The number of pyridine rings is 1. The zero-order valence-electron chi connectivity index (χ0n) is 10.5. The Morgan fingerprint density at radius 2 is 2.31 bits per heavy atom. The number of methoxy groups -OCH3 is 1. The van der Waals surface area contributed by atoms with Gasteiger partial charge in [0, 0.05) is 32.5 Å². The molecule has 0 fully saturated rings. The van der Waals surface area contributed by atoms with Gasteiger partial charge in [-0.05, 0) is 20.0 Å². The molecule has 1 atom stereocenters. The molecule has 4 heteroatoms. The summed E-state index contributed by atoms with van der Waals surface area (Å²) in [7, 11) is 5.71. The first kappa shape index (κ1) is 12.9. The highest BCUT2D eigenvalue weighted by Crippen LogP contribution is 2.17. The third-order valence-corrected chi connectivity index (χ3v) is 2.64. The molecule has 0 saturated heterocycles. The maximum Gasteiger partial charge on any atom is 0.133 e. The molecule has 90 valence electrons. The van der Waals surface area contributed by atoms with Crippen molar-refractivity contribution >= 4 is 5.82 Å². The molecule has 0 amide bonds. The van der Waals surface area contributed by atoms with Crippen molar-refractivity contribution in [2.75, 3.05) is 32.7 Å². The normalized spacial score (nSPS) is 12.5. The number of aromatic nitrogens is 1. The fraction of sp³-hybridized carbons (Fsp3) is 0.583. The summed E-state index contributed by atoms with van der Waals surface area (Å²) < 4.78 is 5.16. The van der Waals surface area contributed by atoms with E-state index in [2.05, 4.69) is 28.2 Å². The second-order valence-electron chi connectivity index (χ2n) is 3.93. The van der Waals surface area contributed by atoms with Gasteiger partial charge in [0.1, 0.15) is 5.82 Å². The summed E-state index contributed by atoms with van der Waals surface area (Å²) in [6.45, 7) is 3.65. The third-order valence-electron chi connectivity index (χ3n) is 2.64. The predicted octanol–water partition coefficient (Wildman–Crippen LogP) is 1.27. The van der Waals surface area contributed by atoms with Crippen LogP contribution in [0.4, 0.5) is 5.82 Å². The lowest BCUT2D eigenvalue weighted by Gasteiger charge is -2.27. The zero-order chi connectivity index (χ0) is 12.0. The second-order valence-corrected chi connectivity index (χ2v) is 3.93. The molecule has 1 rings (SSSR count). The van der Waals surface area contributed by atoms with Gasteiger partial charge in [0.15, 0.2) is 0 Å². The van der Waals surface area contributed by atoms with E-state index in [9.17, 15) is 0 Å². The van der Waals surface area contributed by atoms with Gasteiger partial charge in [0.05, 0.1) is 12.6 Å². The lowest BCUT2D eigenvalue weighted by molar-refractivity contribution is 0.183. The molecule has 1 heterocycles. The van der Waals surface area contributed by atoms with Gasteiger partial charge in [-0.2, -0.15) is 0 Å². The Kier molecular flexibility index (Phi) is 5.22. The lowest BCUT2D eigenvalue weighted by Crippen LogP contribution is -2.34. The number of hydrogen-bond acceptors (Lipinski definition) is 4. The number of nitrogens with one attached hydrogen (secondary N) is 1. The van der Waals surface area contributed by atoms with E-state index in [4.69, 9.17) is 4.74 Å². The summed E-state index contributed by atoms with van der Waals surface area (Å²) in [4.78, 5) is 6.58. The van der Waals surface area contributed by atoms with Crippen molar-refractivity contribution in [3.8, 4) is 0 Å². The summed E-state index contributed by atoms with van der Waals surface area (Å²) >= 11 is 0. The Morgan fingerprint density at radius 1 is 1.56 bits per heavy atom. The highest BCUT2D eigenvalue weighted by Gasteiger charge is 2.13. The number of anilines is 1. The maximum absolute atomic E-state index is 5.16. The molecular weight excluding hydrogens is 202 g/mol. The largest absolute Gasteiger partial charge is 0.383 e. The zero-order valence-corrected chi connectivity index (χ0v) is 10.5. The first-order valence-electron chi connectivity index (χ1n) is 5.51. The first-order valence-corrected chi connectivity index (χ1v) is 5.51. The minimum atomic E-state index is 0.315. The van der Waals surface area contributed by atoms with Gasteiger partial charge in [0.2, 0.25) is 0 Å². The Morgan fingerprint density at radius 3 is 2.94 bits per heavy atom. The van der Waals surface area contributed by atoms with Gasteiger partial charge in [0.25, 0.3) is 0 Å². The minimum Gasteiger partial charge on any atom is -0.383 e. The smallest absolute Gasteiger partial charge is 0.133 e.